The summed E-state index contributed by atoms with van der Waals surface area (Å²) < 4.78 is 33.9. The van der Waals surface area contributed by atoms with Crippen LogP contribution < -0.4 is 14.4 Å². The third-order valence-corrected chi connectivity index (χ3v) is 11.1. The number of carbonyl (C=O) groups excluding carboxylic acids is 1. The number of aliphatic hydroxyl groups excluding tert-OH is 3. The highest BCUT2D eigenvalue weighted by Gasteiger charge is 2.44. The first-order chi connectivity index (χ1) is 19.5. The van der Waals surface area contributed by atoms with Crippen molar-refractivity contribution in [3.8, 4) is 5.75 Å². The fraction of sp³-hybridized carbons (Fsp3) is 0.567. The summed E-state index contributed by atoms with van der Waals surface area (Å²) in [6, 6.07) is 11.0. The Hall–Kier alpha value is -2.37. The molecule has 2 aromatic rings. The molecule has 1 spiro atoms. The van der Waals surface area contributed by atoms with Gasteiger partial charge in [0.25, 0.3) is 5.91 Å². The number of aryl methyl sites for hydroxylation is 1. The Kier molecular flexibility index (Phi) is 7.74. The highest BCUT2D eigenvalue weighted by molar-refractivity contribution is 7.90. The van der Waals surface area contributed by atoms with Crippen LogP contribution in [0.1, 0.15) is 60.0 Å². The molecule has 4 N–H and O–H groups in total. The summed E-state index contributed by atoms with van der Waals surface area (Å²) in [6.45, 7) is 1.68. The van der Waals surface area contributed by atoms with Gasteiger partial charge in [-0.3, -0.25) is 4.79 Å². The van der Waals surface area contributed by atoms with Gasteiger partial charge in [-0.05, 0) is 91.8 Å². The molecule has 11 heteroatoms. The van der Waals surface area contributed by atoms with Gasteiger partial charge in [0.15, 0.2) is 0 Å². The maximum atomic E-state index is 13.1. The maximum absolute atomic E-state index is 13.1. The molecule has 2 aliphatic heterocycles. The highest BCUT2D eigenvalue weighted by Crippen LogP contribution is 2.47. The van der Waals surface area contributed by atoms with Crippen molar-refractivity contribution in [3.05, 3.63) is 58.1 Å². The number of aliphatic hydroxyl groups is 3. The van der Waals surface area contributed by atoms with E-state index in [9.17, 15) is 28.5 Å². The van der Waals surface area contributed by atoms with Crippen molar-refractivity contribution in [1.29, 1.82) is 0 Å². The summed E-state index contributed by atoms with van der Waals surface area (Å²) in [4.78, 5) is 15.3. The van der Waals surface area contributed by atoms with Crippen molar-refractivity contribution in [1.82, 2.24) is 4.72 Å². The van der Waals surface area contributed by atoms with Crippen molar-refractivity contribution >= 4 is 33.2 Å². The Morgan fingerprint density at radius 2 is 1.85 bits per heavy atom. The molecule has 41 heavy (non-hydrogen) atoms. The smallest absolute Gasteiger partial charge is 0.264 e. The number of halogens is 1. The van der Waals surface area contributed by atoms with Crippen LogP contribution in [0.25, 0.3) is 0 Å². The monoisotopic (exact) mass is 604 g/mol. The van der Waals surface area contributed by atoms with E-state index in [0.717, 1.165) is 37.8 Å². The largest absolute Gasteiger partial charge is 0.490 e. The Bertz CT molecular complexity index is 1440. The van der Waals surface area contributed by atoms with E-state index < -0.39 is 40.0 Å². The minimum Gasteiger partial charge on any atom is -0.490 e. The third-order valence-electron chi connectivity index (χ3n) is 9.58. The van der Waals surface area contributed by atoms with Gasteiger partial charge in [-0.2, -0.15) is 0 Å². The molecule has 0 saturated heterocycles. The average molecular weight is 605 g/mol. The lowest BCUT2D eigenvalue weighted by atomic mass is 9.68. The summed E-state index contributed by atoms with van der Waals surface area (Å²) in [5, 5.41) is 32.7. The summed E-state index contributed by atoms with van der Waals surface area (Å²) in [7, 11) is -4.08. The molecule has 2 heterocycles. The zero-order valence-corrected chi connectivity index (χ0v) is 24.4. The van der Waals surface area contributed by atoms with Crippen LogP contribution in [0.4, 0.5) is 5.69 Å². The van der Waals surface area contributed by atoms with E-state index >= 15 is 0 Å². The molecule has 222 valence electrons. The van der Waals surface area contributed by atoms with E-state index in [4.69, 9.17) is 16.3 Å². The minimum atomic E-state index is -4.08. The van der Waals surface area contributed by atoms with Crippen molar-refractivity contribution in [2.75, 3.05) is 30.3 Å². The van der Waals surface area contributed by atoms with Gasteiger partial charge in [-0.15, -0.1) is 0 Å². The van der Waals surface area contributed by atoms with Crippen molar-refractivity contribution in [2.45, 2.75) is 68.7 Å². The second kappa shape index (κ2) is 11.0. The number of carbonyl (C=O) groups is 1. The number of hydrogen-bond donors (Lipinski definition) is 4. The lowest BCUT2D eigenvalue weighted by molar-refractivity contribution is -0.0510. The quantitative estimate of drug-likeness (QED) is 0.360. The predicted molar refractivity (Wildman–Crippen MR) is 155 cm³/mol. The standard InChI is InChI=1S/C30H37ClN2O7S/c31-21-5-7-23-18(12-21)2-1-10-30(23)16-33-15-20-3-6-22(20)26(35)14-27(36)25(34)9-11-41(38,39)32-29(37)19-4-8-28(40-17-30)24(33)13-19/h4-5,7-8,12-13,20,22,25-27,34-36H,1-3,6,9-11,14-17H2,(H,32,37)/t20-,22+,25+,26-,27-,30-/m0/s1. The van der Waals surface area contributed by atoms with Crippen LogP contribution in [0.3, 0.4) is 0 Å². The number of rotatable bonds is 0. The number of benzene rings is 2. The Labute approximate surface area is 245 Å². The highest BCUT2D eigenvalue weighted by atomic mass is 35.5. The first-order valence-electron chi connectivity index (χ1n) is 14.4. The molecule has 0 unspecified atom stereocenters. The van der Waals surface area contributed by atoms with Crippen LogP contribution in [-0.2, 0) is 21.9 Å². The Balaban J connectivity index is 1.41. The summed E-state index contributed by atoms with van der Waals surface area (Å²) in [6.07, 6.45) is 0.801. The van der Waals surface area contributed by atoms with Gasteiger partial charge in [0.2, 0.25) is 10.0 Å². The van der Waals surface area contributed by atoms with Crippen molar-refractivity contribution in [2.24, 2.45) is 11.8 Å². The summed E-state index contributed by atoms with van der Waals surface area (Å²) in [5.74, 6) is -0.607. The lowest BCUT2D eigenvalue weighted by Crippen LogP contribution is -2.50. The normalized spacial score (nSPS) is 33.4. The number of ether oxygens (including phenoxy) is 1. The van der Waals surface area contributed by atoms with Gasteiger partial charge >= 0.3 is 0 Å². The summed E-state index contributed by atoms with van der Waals surface area (Å²) in [5.41, 5.74) is 3.00. The second-order valence-corrected chi connectivity index (χ2v) is 14.5. The number of amides is 1. The minimum absolute atomic E-state index is 0.0450. The van der Waals surface area contributed by atoms with Crippen LogP contribution in [0, 0.1) is 11.8 Å². The number of nitrogens with one attached hydrogen (secondary N) is 1. The molecule has 9 nitrogen and oxygen atoms in total. The molecule has 2 aromatic carbocycles. The summed E-state index contributed by atoms with van der Waals surface area (Å²) >= 11 is 6.35. The SMILES string of the molecule is O=C1NS(=O)(=O)CC[C@@H](O)[C@@H](O)C[C@H](O)[C@@H]2CC[C@H]2CN2C[C@@]3(CCCc4cc(Cl)ccc43)COc3ccc1cc32. The lowest BCUT2D eigenvalue weighted by Gasteiger charge is -2.46. The molecule has 1 amide bonds. The van der Waals surface area contributed by atoms with Crippen molar-refractivity contribution < 1.29 is 33.3 Å². The van der Waals surface area contributed by atoms with E-state index in [0.29, 0.717) is 30.5 Å². The van der Waals surface area contributed by atoms with Gasteiger partial charge in [-0.25, -0.2) is 13.1 Å². The molecule has 0 radical (unpaired) electrons. The van der Waals surface area contributed by atoms with Gasteiger partial charge in [0.05, 0.1) is 36.4 Å². The van der Waals surface area contributed by atoms with E-state index in [1.165, 1.54) is 11.1 Å². The number of sulfonamides is 1. The van der Waals surface area contributed by atoms with Crippen LogP contribution in [-0.4, -0.2) is 73.4 Å². The molecule has 0 aromatic heterocycles. The zero-order valence-electron chi connectivity index (χ0n) is 22.8. The van der Waals surface area contributed by atoms with Gasteiger partial charge in [0, 0.05) is 35.5 Å². The van der Waals surface area contributed by atoms with Crippen LogP contribution in [0.15, 0.2) is 36.4 Å². The number of hydrogen-bond acceptors (Lipinski definition) is 8. The second-order valence-electron chi connectivity index (χ2n) is 12.3. The molecule has 2 bridgehead atoms. The van der Waals surface area contributed by atoms with Gasteiger partial charge in [0.1, 0.15) is 5.75 Å². The first kappa shape index (κ1) is 28.7. The number of fused-ring (bicyclic) bond motifs is 4. The van der Waals surface area contributed by atoms with Crippen molar-refractivity contribution in [3.63, 3.8) is 0 Å². The fourth-order valence-electron chi connectivity index (χ4n) is 7.17. The molecule has 4 aliphatic rings. The number of anilines is 1. The molecule has 6 atom stereocenters. The molecule has 1 fully saturated rings. The third kappa shape index (κ3) is 5.69. The zero-order chi connectivity index (χ0) is 28.9. The Morgan fingerprint density at radius 3 is 2.63 bits per heavy atom. The predicted octanol–water partition coefficient (Wildman–Crippen LogP) is 2.78. The van der Waals surface area contributed by atoms with E-state index in [1.54, 1.807) is 18.2 Å². The molecule has 6 rings (SSSR count). The van der Waals surface area contributed by atoms with E-state index in [-0.39, 0.29) is 35.7 Å². The van der Waals surface area contributed by atoms with E-state index in [1.807, 2.05) is 12.1 Å². The van der Waals surface area contributed by atoms with Gasteiger partial charge < -0.3 is 25.0 Å². The average Bonchev–Trinajstić information content (AvgIpc) is 3.06. The molecule has 2 aliphatic carbocycles. The Morgan fingerprint density at radius 1 is 1.02 bits per heavy atom. The van der Waals surface area contributed by atoms with Crippen LogP contribution in [0.2, 0.25) is 5.02 Å². The van der Waals surface area contributed by atoms with Crippen LogP contribution >= 0.6 is 11.6 Å². The topological polar surface area (TPSA) is 136 Å². The fourth-order valence-corrected chi connectivity index (χ4v) is 8.41. The van der Waals surface area contributed by atoms with E-state index in [2.05, 4.69) is 15.7 Å². The molecular weight excluding hydrogens is 568 g/mol. The maximum Gasteiger partial charge on any atom is 0.264 e. The first-order valence-corrected chi connectivity index (χ1v) is 16.5. The van der Waals surface area contributed by atoms with Gasteiger partial charge in [-0.1, -0.05) is 17.7 Å². The number of nitrogens with zero attached hydrogens (tertiary/aromatic N) is 1. The molecule has 1 saturated carbocycles. The molecular formula is C30H37ClN2O7S. The van der Waals surface area contributed by atoms with Crippen LogP contribution in [0.5, 0.6) is 5.75 Å².